The van der Waals surface area contributed by atoms with Crippen molar-refractivity contribution >= 4 is 17.5 Å². The van der Waals surface area contributed by atoms with Gasteiger partial charge in [-0.3, -0.25) is 9.59 Å². The van der Waals surface area contributed by atoms with Gasteiger partial charge in [-0.1, -0.05) is 30.3 Å². The summed E-state index contributed by atoms with van der Waals surface area (Å²) in [6, 6.07) is 12.8. The van der Waals surface area contributed by atoms with Crippen LogP contribution in [0.1, 0.15) is 11.1 Å². The number of ether oxygens (including phenoxy) is 2. The van der Waals surface area contributed by atoms with Crippen molar-refractivity contribution in [2.24, 2.45) is 0 Å². The number of amides is 2. The second-order valence-corrected chi connectivity index (χ2v) is 5.48. The quantitative estimate of drug-likeness (QED) is 0.624. The van der Waals surface area contributed by atoms with Crippen LogP contribution in [0.2, 0.25) is 0 Å². The second-order valence-electron chi connectivity index (χ2n) is 5.48. The first-order valence-electron chi connectivity index (χ1n) is 7.94. The number of hydrogen-bond acceptors (Lipinski definition) is 4. The standard InChI is InChI=1S/C19H22N2O4/c1-13-7-6-8-14(2)17(13)25-12-11-20-18(22)19(23)21-15-9-4-5-10-16(15)24-3/h4-10H,11-12H2,1-3H3,(H,20,22)(H,21,23). The number of benzene rings is 2. The van der Waals surface area contributed by atoms with Gasteiger partial charge in [-0.05, 0) is 37.1 Å². The zero-order chi connectivity index (χ0) is 18.2. The highest BCUT2D eigenvalue weighted by Gasteiger charge is 2.15. The molecule has 0 saturated heterocycles. The third kappa shape index (κ3) is 4.97. The predicted molar refractivity (Wildman–Crippen MR) is 96.0 cm³/mol. The molecule has 0 saturated carbocycles. The molecule has 0 aliphatic carbocycles. The molecule has 0 aliphatic rings. The fourth-order valence-corrected chi connectivity index (χ4v) is 2.35. The van der Waals surface area contributed by atoms with Crippen molar-refractivity contribution in [3.8, 4) is 11.5 Å². The first-order chi connectivity index (χ1) is 12.0. The molecule has 25 heavy (non-hydrogen) atoms. The van der Waals surface area contributed by atoms with E-state index in [-0.39, 0.29) is 13.2 Å². The van der Waals surface area contributed by atoms with E-state index in [1.54, 1.807) is 24.3 Å². The number of methoxy groups -OCH3 is 1. The van der Waals surface area contributed by atoms with E-state index in [0.29, 0.717) is 11.4 Å². The highest BCUT2D eigenvalue weighted by atomic mass is 16.5. The predicted octanol–water partition coefficient (Wildman–Crippen LogP) is 2.45. The molecule has 0 radical (unpaired) electrons. The normalized spacial score (nSPS) is 10.0. The highest BCUT2D eigenvalue weighted by molar-refractivity contribution is 6.39. The summed E-state index contributed by atoms with van der Waals surface area (Å²) >= 11 is 0. The molecule has 6 heteroatoms. The van der Waals surface area contributed by atoms with E-state index in [9.17, 15) is 9.59 Å². The van der Waals surface area contributed by atoms with Crippen molar-refractivity contribution in [3.05, 3.63) is 53.6 Å². The molecule has 0 bridgehead atoms. The molecular weight excluding hydrogens is 320 g/mol. The summed E-state index contributed by atoms with van der Waals surface area (Å²) in [5.41, 5.74) is 2.50. The lowest BCUT2D eigenvalue weighted by molar-refractivity contribution is -0.136. The van der Waals surface area contributed by atoms with Crippen molar-refractivity contribution in [2.75, 3.05) is 25.6 Å². The van der Waals surface area contributed by atoms with Crippen LogP contribution in [0.4, 0.5) is 5.69 Å². The lowest BCUT2D eigenvalue weighted by atomic mass is 10.1. The molecule has 132 valence electrons. The molecule has 6 nitrogen and oxygen atoms in total. The van der Waals surface area contributed by atoms with Crippen LogP contribution < -0.4 is 20.1 Å². The van der Waals surface area contributed by atoms with Crippen LogP contribution in [-0.2, 0) is 9.59 Å². The summed E-state index contributed by atoms with van der Waals surface area (Å²) in [5.74, 6) is -0.190. The molecule has 2 amide bonds. The topological polar surface area (TPSA) is 76.7 Å². The van der Waals surface area contributed by atoms with Crippen LogP contribution in [0.3, 0.4) is 0 Å². The Morgan fingerprint density at radius 2 is 1.64 bits per heavy atom. The zero-order valence-electron chi connectivity index (χ0n) is 14.6. The number of nitrogens with one attached hydrogen (secondary N) is 2. The molecule has 0 atom stereocenters. The average Bonchev–Trinajstić information content (AvgIpc) is 2.60. The van der Waals surface area contributed by atoms with Crippen LogP contribution >= 0.6 is 0 Å². The Morgan fingerprint density at radius 1 is 0.960 bits per heavy atom. The zero-order valence-corrected chi connectivity index (χ0v) is 14.6. The van der Waals surface area contributed by atoms with E-state index in [0.717, 1.165) is 16.9 Å². The Morgan fingerprint density at radius 3 is 2.32 bits per heavy atom. The van der Waals surface area contributed by atoms with Crippen LogP contribution in [0, 0.1) is 13.8 Å². The number of aryl methyl sites for hydroxylation is 2. The van der Waals surface area contributed by atoms with E-state index < -0.39 is 11.8 Å². The Bertz CT molecular complexity index is 739. The SMILES string of the molecule is COc1ccccc1NC(=O)C(=O)NCCOc1c(C)cccc1C. The van der Waals surface area contributed by atoms with Gasteiger partial charge in [0.05, 0.1) is 19.3 Å². The van der Waals surface area contributed by atoms with Crippen LogP contribution in [0.25, 0.3) is 0 Å². The molecule has 2 aromatic carbocycles. The minimum absolute atomic E-state index is 0.228. The fourth-order valence-electron chi connectivity index (χ4n) is 2.35. The van der Waals surface area contributed by atoms with Crippen molar-refractivity contribution in [2.45, 2.75) is 13.8 Å². The van der Waals surface area contributed by atoms with E-state index in [4.69, 9.17) is 9.47 Å². The Hall–Kier alpha value is -3.02. The van der Waals surface area contributed by atoms with Gasteiger partial charge in [0.15, 0.2) is 0 Å². The minimum Gasteiger partial charge on any atom is -0.495 e. The van der Waals surface area contributed by atoms with Crippen LogP contribution in [-0.4, -0.2) is 32.1 Å². The van der Waals surface area contributed by atoms with Gasteiger partial charge in [-0.2, -0.15) is 0 Å². The molecular formula is C19H22N2O4. The Balaban J connectivity index is 1.81. The van der Waals surface area contributed by atoms with Crippen molar-refractivity contribution < 1.29 is 19.1 Å². The van der Waals surface area contributed by atoms with Crippen molar-refractivity contribution in [1.82, 2.24) is 5.32 Å². The second kappa shape index (κ2) is 8.73. The molecule has 0 fully saturated rings. The van der Waals surface area contributed by atoms with Crippen LogP contribution in [0.5, 0.6) is 11.5 Å². The number of rotatable bonds is 6. The van der Waals surface area contributed by atoms with Crippen molar-refractivity contribution in [1.29, 1.82) is 0 Å². The molecule has 2 rings (SSSR count). The van der Waals surface area contributed by atoms with Gasteiger partial charge in [-0.15, -0.1) is 0 Å². The molecule has 0 unspecified atom stereocenters. The summed E-state index contributed by atoms with van der Waals surface area (Å²) in [4.78, 5) is 23.8. The molecule has 2 N–H and O–H groups in total. The van der Waals surface area contributed by atoms with Crippen LogP contribution in [0.15, 0.2) is 42.5 Å². The summed E-state index contributed by atoms with van der Waals surface area (Å²) in [7, 11) is 1.50. The number of para-hydroxylation sites is 3. The van der Waals surface area contributed by atoms with Gasteiger partial charge in [0.25, 0.3) is 0 Å². The smallest absolute Gasteiger partial charge is 0.313 e. The average molecular weight is 342 g/mol. The lowest BCUT2D eigenvalue weighted by Gasteiger charge is -2.12. The first kappa shape index (κ1) is 18.3. The van der Waals surface area contributed by atoms with E-state index >= 15 is 0 Å². The van der Waals surface area contributed by atoms with Gasteiger partial charge in [0, 0.05) is 0 Å². The van der Waals surface area contributed by atoms with Gasteiger partial charge < -0.3 is 20.1 Å². The molecule has 0 aliphatic heterocycles. The third-order valence-electron chi connectivity index (χ3n) is 3.60. The van der Waals surface area contributed by atoms with Gasteiger partial charge in [0.2, 0.25) is 0 Å². The van der Waals surface area contributed by atoms with E-state index in [1.807, 2.05) is 32.0 Å². The number of hydrogen-bond donors (Lipinski definition) is 2. The number of carbonyl (C=O) groups excluding carboxylic acids is 2. The Labute approximate surface area is 147 Å². The molecule has 0 spiro atoms. The lowest BCUT2D eigenvalue weighted by Crippen LogP contribution is -2.37. The van der Waals surface area contributed by atoms with E-state index in [2.05, 4.69) is 10.6 Å². The highest BCUT2D eigenvalue weighted by Crippen LogP contribution is 2.23. The molecule has 0 heterocycles. The molecule has 2 aromatic rings. The fraction of sp³-hybridized carbons (Fsp3) is 0.263. The maximum atomic E-state index is 11.9. The first-order valence-corrected chi connectivity index (χ1v) is 7.94. The molecule has 0 aromatic heterocycles. The maximum absolute atomic E-state index is 11.9. The van der Waals surface area contributed by atoms with Gasteiger partial charge in [-0.25, -0.2) is 0 Å². The number of carbonyl (C=O) groups is 2. The summed E-state index contributed by atoms with van der Waals surface area (Å²) in [6.45, 7) is 4.43. The van der Waals surface area contributed by atoms with Gasteiger partial charge in [0.1, 0.15) is 18.1 Å². The van der Waals surface area contributed by atoms with Crippen molar-refractivity contribution in [3.63, 3.8) is 0 Å². The number of anilines is 1. The minimum atomic E-state index is -0.753. The van der Waals surface area contributed by atoms with E-state index in [1.165, 1.54) is 7.11 Å². The Kier molecular flexibility index (Phi) is 6.39. The maximum Gasteiger partial charge on any atom is 0.313 e. The summed E-state index contributed by atoms with van der Waals surface area (Å²) in [5, 5.41) is 5.05. The summed E-state index contributed by atoms with van der Waals surface area (Å²) in [6.07, 6.45) is 0. The summed E-state index contributed by atoms with van der Waals surface area (Å²) < 4.78 is 10.8. The third-order valence-corrected chi connectivity index (χ3v) is 3.60. The largest absolute Gasteiger partial charge is 0.495 e. The monoisotopic (exact) mass is 342 g/mol. The van der Waals surface area contributed by atoms with Gasteiger partial charge >= 0.3 is 11.8 Å².